The second-order valence-electron chi connectivity index (χ2n) is 7.79. The molecule has 8 heteroatoms. The van der Waals surface area contributed by atoms with Crippen molar-refractivity contribution >= 4 is 33.3 Å². The molecule has 3 rings (SSSR count). The van der Waals surface area contributed by atoms with Crippen molar-refractivity contribution < 1.29 is 22.7 Å². The normalized spacial score (nSPS) is 23.1. The summed E-state index contributed by atoms with van der Waals surface area (Å²) in [7, 11) is -1.52. The highest BCUT2D eigenvalue weighted by molar-refractivity contribution is 7.91. The molecule has 1 saturated carbocycles. The molecular weight excluding hydrogens is 402 g/mol. The lowest BCUT2D eigenvalue weighted by Gasteiger charge is -2.35. The first-order valence-corrected chi connectivity index (χ1v) is 11.8. The molecule has 2 fully saturated rings. The van der Waals surface area contributed by atoms with E-state index < -0.39 is 21.2 Å². The molecule has 1 heterocycles. The molecule has 0 bridgehead atoms. The molecule has 154 valence electrons. The van der Waals surface area contributed by atoms with E-state index in [9.17, 15) is 18.0 Å². The number of hydrogen-bond donors (Lipinski definition) is 0. The topological polar surface area (TPSA) is 80.8 Å². The molecule has 1 saturated heterocycles. The standard InChI is InChI=1S/C20H26ClNO5S/c1-22(17-8-11-28(25,26)14-17)18(23)13-27-19(24)20(9-3-2-4-10-20)15-6-5-7-16(21)12-15/h5-7,12,17H,2-4,8-11,13-14H2,1H3. The van der Waals surface area contributed by atoms with Crippen molar-refractivity contribution in [2.45, 2.75) is 50.0 Å². The van der Waals surface area contributed by atoms with E-state index in [2.05, 4.69) is 0 Å². The number of rotatable bonds is 5. The number of hydrogen-bond acceptors (Lipinski definition) is 5. The summed E-state index contributed by atoms with van der Waals surface area (Å²) in [5.74, 6) is -0.731. The van der Waals surface area contributed by atoms with Crippen LogP contribution < -0.4 is 0 Å². The van der Waals surface area contributed by atoms with Gasteiger partial charge in [-0.2, -0.15) is 0 Å². The molecular formula is C20H26ClNO5S. The Labute approximate surface area is 171 Å². The Kier molecular flexibility index (Phi) is 6.34. The monoisotopic (exact) mass is 427 g/mol. The smallest absolute Gasteiger partial charge is 0.317 e. The molecule has 1 atom stereocenters. The van der Waals surface area contributed by atoms with Crippen molar-refractivity contribution in [3.63, 3.8) is 0 Å². The van der Waals surface area contributed by atoms with Crippen LogP contribution in [0.3, 0.4) is 0 Å². The average Bonchev–Trinajstić information content (AvgIpc) is 3.05. The fraction of sp³-hybridized carbons (Fsp3) is 0.600. The number of sulfone groups is 1. The number of halogens is 1. The van der Waals surface area contributed by atoms with Crippen molar-refractivity contribution in [2.75, 3.05) is 25.2 Å². The minimum absolute atomic E-state index is 0.0321. The highest BCUT2D eigenvalue weighted by Gasteiger charge is 2.43. The van der Waals surface area contributed by atoms with E-state index in [-0.39, 0.29) is 30.1 Å². The average molecular weight is 428 g/mol. The molecule has 1 amide bonds. The number of benzene rings is 1. The van der Waals surface area contributed by atoms with Gasteiger partial charge in [0.2, 0.25) is 0 Å². The molecule has 0 radical (unpaired) electrons. The van der Waals surface area contributed by atoms with E-state index in [1.54, 1.807) is 19.2 Å². The molecule has 1 aromatic rings. The first-order valence-electron chi connectivity index (χ1n) is 9.63. The summed E-state index contributed by atoms with van der Waals surface area (Å²) in [6, 6.07) is 6.91. The van der Waals surface area contributed by atoms with Crippen molar-refractivity contribution in [2.24, 2.45) is 0 Å². The van der Waals surface area contributed by atoms with Crippen LogP contribution >= 0.6 is 11.6 Å². The molecule has 0 spiro atoms. The van der Waals surface area contributed by atoms with Gasteiger partial charge in [-0.3, -0.25) is 9.59 Å². The predicted molar refractivity (Wildman–Crippen MR) is 107 cm³/mol. The highest BCUT2D eigenvalue weighted by Crippen LogP contribution is 2.41. The molecule has 6 nitrogen and oxygen atoms in total. The Balaban J connectivity index is 1.68. The van der Waals surface area contributed by atoms with E-state index in [0.29, 0.717) is 24.3 Å². The maximum Gasteiger partial charge on any atom is 0.317 e. The number of nitrogens with zero attached hydrogens (tertiary/aromatic N) is 1. The van der Waals surface area contributed by atoms with Gasteiger partial charge in [0.25, 0.3) is 5.91 Å². The van der Waals surface area contributed by atoms with Crippen LogP contribution in [-0.4, -0.2) is 56.4 Å². The van der Waals surface area contributed by atoms with Crippen molar-refractivity contribution in [1.82, 2.24) is 4.90 Å². The first kappa shape index (κ1) is 21.1. The van der Waals surface area contributed by atoms with E-state index in [1.807, 2.05) is 12.1 Å². The minimum Gasteiger partial charge on any atom is -0.455 e. The zero-order valence-electron chi connectivity index (χ0n) is 16.0. The third kappa shape index (κ3) is 4.51. The van der Waals surface area contributed by atoms with E-state index in [1.165, 1.54) is 4.90 Å². The lowest BCUT2D eigenvalue weighted by atomic mass is 9.69. The van der Waals surface area contributed by atoms with Gasteiger partial charge in [-0.1, -0.05) is 43.0 Å². The van der Waals surface area contributed by atoms with Gasteiger partial charge >= 0.3 is 5.97 Å². The van der Waals surface area contributed by atoms with Crippen LogP contribution in [0.2, 0.25) is 5.02 Å². The van der Waals surface area contributed by atoms with Gasteiger partial charge in [0.1, 0.15) is 0 Å². The fourth-order valence-corrected chi connectivity index (χ4v) is 6.17. The summed E-state index contributed by atoms with van der Waals surface area (Å²) in [5.41, 5.74) is 0.0472. The Morgan fingerprint density at radius 2 is 1.96 bits per heavy atom. The number of ether oxygens (including phenoxy) is 1. The molecule has 0 aromatic heterocycles. The van der Waals surface area contributed by atoms with Crippen molar-refractivity contribution in [3.8, 4) is 0 Å². The summed E-state index contributed by atoms with van der Waals surface area (Å²) in [6.07, 6.45) is 4.64. The molecule has 1 aliphatic carbocycles. The second kappa shape index (κ2) is 8.41. The molecule has 28 heavy (non-hydrogen) atoms. The second-order valence-corrected chi connectivity index (χ2v) is 10.5. The number of likely N-dealkylation sites (N-methyl/N-ethyl adjacent to an activating group) is 1. The molecule has 2 aliphatic rings. The molecule has 1 unspecified atom stereocenters. The van der Waals surface area contributed by atoms with Gasteiger partial charge in [0.05, 0.1) is 16.9 Å². The van der Waals surface area contributed by atoms with Crippen LogP contribution in [0.5, 0.6) is 0 Å². The number of esters is 1. The van der Waals surface area contributed by atoms with Crippen LogP contribution in [-0.2, 0) is 29.6 Å². The zero-order chi connectivity index (χ0) is 20.4. The maximum atomic E-state index is 13.1. The lowest BCUT2D eigenvalue weighted by Crippen LogP contribution is -2.43. The van der Waals surface area contributed by atoms with Crippen LogP contribution in [0.4, 0.5) is 0 Å². The summed E-state index contributed by atoms with van der Waals surface area (Å²) >= 11 is 6.13. The zero-order valence-corrected chi connectivity index (χ0v) is 17.6. The largest absolute Gasteiger partial charge is 0.455 e. The van der Waals surface area contributed by atoms with Crippen molar-refractivity contribution in [3.05, 3.63) is 34.9 Å². The van der Waals surface area contributed by atoms with Gasteiger partial charge in [-0.15, -0.1) is 0 Å². The van der Waals surface area contributed by atoms with Gasteiger partial charge < -0.3 is 9.64 Å². The Morgan fingerprint density at radius 3 is 2.57 bits per heavy atom. The van der Waals surface area contributed by atoms with Gasteiger partial charge in [0, 0.05) is 18.1 Å². The van der Waals surface area contributed by atoms with Crippen LogP contribution in [0.15, 0.2) is 24.3 Å². The van der Waals surface area contributed by atoms with E-state index in [0.717, 1.165) is 24.8 Å². The van der Waals surface area contributed by atoms with E-state index >= 15 is 0 Å². The van der Waals surface area contributed by atoms with Gasteiger partial charge in [-0.25, -0.2) is 8.42 Å². The van der Waals surface area contributed by atoms with Crippen LogP contribution in [0, 0.1) is 0 Å². The highest BCUT2D eigenvalue weighted by atomic mass is 35.5. The maximum absolute atomic E-state index is 13.1. The first-order chi connectivity index (χ1) is 13.2. The van der Waals surface area contributed by atoms with Gasteiger partial charge in [-0.05, 0) is 37.0 Å². The Morgan fingerprint density at radius 1 is 1.25 bits per heavy atom. The quantitative estimate of drug-likeness (QED) is 0.675. The summed E-state index contributed by atoms with van der Waals surface area (Å²) in [6.45, 7) is -0.381. The summed E-state index contributed by atoms with van der Waals surface area (Å²) in [4.78, 5) is 26.9. The van der Waals surface area contributed by atoms with E-state index in [4.69, 9.17) is 16.3 Å². The number of carbonyl (C=O) groups is 2. The van der Waals surface area contributed by atoms with Crippen molar-refractivity contribution in [1.29, 1.82) is 0 Å². The Hall–Kier alpha value is -1.60. The van der Waals surface area contributed by atoms with Gasteiger partial charge in [0.15, 0.2) is 16.4 Å². The van der Waals surface area contributed by atoms with Crippen LogP contribution in [0.1, 0.15) is 44.1 Å². The SMILES string of the molecule is CN(C(=O)COC(=O)C1(c2cccc(Cl)c2)CCCCC1)C1CCS(=O)(=O)C1. The molecule has 1 aliphatic heterocycles. The van der Waals surface area contributed by atoms with Crippen LogP contribution in [0.25, 0.3) is 0 Å². The molecule has 0 N–H and O–H groups in total. The summed E-state index contributed by atoms with van der Waals surface area (Å²) < 4.78 is 28.7. The molecule has 1 aromatic carbocycles. The third-order valence-corrected chi connectivity index (χ3v) is 7.94. The number of carbonyl (C=O) groups excluding carboxylic acids is 2. The predicted octanol–water partition coefficient (Wildman–Crippen LogP) is 2.73. The Bertz CT molecular complexity index is 848. The minimum atomic E-state index is -3.09. The number of amides is 1. The summed E-state index contributed by atoms with van der Waals surface area (Å²) in [5, 5.41) is 0.563. The lowest BCUT2D eigenvalue weighted by molar-refractivity contribution is -0.158. The third-order valence-electron chi connectivity index (χ3n) is 5.95. The fourth-order valence-electron chi connectivity index (χ4n) is 4.20.